The summed E-state index contributed by atoms with van der Waals surface area (Å²) >= 11 is 1.69. The minimum absolute atomic E-state index is 0.912. The molecule has 96 valence electrons. The van der Waals surface area contributed by atoms with Crippen LogP contribution >= 0.6 is 11.3 Å². The molecule has 1 heterocycles. The van der Waals surface area contributed by atoms with E-state index in [0.717, 1.165) is 33.3 Å². The predicted octanol–water partition coefficient (Wildman–Crippen LogP) is 3.86. The van der Waals surface area contributed by atoms with Crippen LogP contribution in [-0.4, -0.2) is 17.3 Å². The van der Waals surface area contributed by atoms with Gasteiger partial charge >= 0.3 is 0 Å². The zero-order valence-corrected chi connectivity index (χ0v) is 11.9. The topological polar surface area (TPSA) is 35.0 Å². The number of benzene rings is 1. The molecular weight excluding hydrogens is 244 g/mol. The van der Waals surface area contributed by atoms with Crippen LogP contribution in [0.4, 0.5) is 0 Å². The Morgan fingerprint density at radius 2 is 2.11 bits per heavy atom. The third-order valence-electron chi connectivity index (χ3n) is 2.85. The van der Waals surface area contributed by atoms with Gasteiger partial charge in [0.1, 0.15) is 15.8 Å². The van der Waals surface area contributed by atoms with E-state index < -0.39 is 0 Å². The highest BCUT2D eigenvalue weighted by molar-refractivity contribution is 7.14. The van der Waals surface area contributed by atoms with Crippen molar-refractivity contribution >= 4 is 11.3 Å². The van der Waals surface area contributed by atoms with Crippen molar-refractivity contribution in [3.8, 4) is 16.3 Å². The van der Waals surface area contributed by atoms with E-state index in [2.05, 4.69) is 23.2 Å². The fourth-order valence-corrected chi connectivity index (χ4v) is 2.69. The van der Waals surface area contributed by atoms with E-state index in [1.54, 1.807) is 18.4 Å². The van der Waals surface area contributed by atoms with Crippen molar-refractivity contribution < 1.29 is 4.74 Å². The Bertz CT molecular complexity index is 522. The van der Waals surface area contributed by atoms with Gasteiger partial charge in [-0.3, -0.25) is 0 Å². The molecule has 0 unspecified atom stereocenters. The zero-order valence-electron chi connectivity index (χ0n) is 11.1. The third kappa shape index (κ3) is 2.88. The van der Waals surface area contributed by atoms with Crippen molar-refractivity contribution in [2.45, 2.75) is 33.1 Å². The normalized spacial score (nSPS) is 10.6. The molecule has 0 saturated carbocycles. The van der Waals surface area contributed by atoms with Crippen LogP contribution in [0.1, 0.15) is 30.3 Å². The average molecular weight is 262 g/mol. The maximum absolute atomic E-state index is 5.26. The smallest absolute Gasteiger partial charge is 0.147 e. The van der Waals surface area contributed by atoms with E-state index in [1.807, 2.05) is 19.1 Å². The molecular formula is C14H18N2OS. The van der Waals surface area contributed by atoms with Gasteiger partial charge in [-0.1, -0.05) is 24.7 Å². The van der Waals surface area contributed by atoms with Gasteiger partial charge < -0.3 is 4.74 Å². The third-order valence-corrected chi connectivity index (χ3v) is 3.88. The van der Waals surface area contributed by atoms with Crippen LogP contribution in [0.3, 0.4) is 0 Å². The second-order valence-electron chi connectivity index (χ2n) is 4.29. The first-order valence-electron chi connectivity index (χ1n) is 6.22. The van der Waals surface area contributed by atoms with Crippen molar-refractivity contribution in [1.29, 1.82) is 0 Å². The zero-order chi connectivity index (χ0) is 13.0. The summed E-state index contributed by atoms with van der Waals surface area (Å²) in [6.07, 6.45) is 3.40. The second kappa shape index (κ2) is 5.96. The van der Waals surface area contributed by atoms with E-state index in [4.69, 9.17) is 4.74 Å². The van der Waals surface area contributed by atoms with Gasteiger partial charge in [0.2, 0.25) is 0 Å². The van der Waals surface area contributed by atoms with Crippen molar-refractivity contribution in [2.24, 2.45) is 0 Å². The first kappa shape index (κ1) is 13.0. The van der Waals surface area contributed by atoms with Crippen LogP contribution in [-0.2, 0) is 6.42 Å². The van der Waals surface area contributed by atoms with Crippen molar-refractivity contribution in [3.05, 3.63) is 28.8 Å². The van der Waals surface area contributed by atoms with Gasteiger partial charge in [-0.25, -0.2) is 0 Å². The lowest BCUT2D eigenvalue weighted by molar-refractivity contribution is 0.412. The van der Waals surface area contributed by atoms with Crippen LogP contribution < -0.4 is 4.74 Å². The summed E-state index contributed by atoms with van der Waals surface area (Å²) in [5.41, 5.74) is 2.24. The molecule has 0 spiro atoms. The lowest BCUT2D eigenvalue weighted by Gasteiger charge is -2.04. The fraction of sp³-hybridized carbons (Fsp3) is 0.429. The number of hydrogen-bond donors (Lipinski definition) is 0. The highest BCUT2D eigenvalue weighted by Gasteiger charge is 2.08. The second-order valence-corrected chi connectivity index (χ2v) is 5.35. The molecule has 0 radical (unpaired) electrons. The average Bonchev–Trinajstić information content (AvgIpc) is 2.85. The molecule has 0 amide bonds. The highest BCUT2D eigenvalue weighted by Crippen LogP contribution is 2.28. The van der Waals surface area contributed by atoms with E-state index in [0.29, 0.717) is 0 Å². The minimum Gasteiger partial charge on any atom is -0.496 e. The van der Waals surface area contributed by atoms with Gasteiger partial charge in [-0.05, 0) is 37.1 Å². The molecule has 18 heavy (non-hydrogen) atoms. The molecule has 0 aliphatic heterocycles. The van der Waals surface area contributed by atoms with Crippen molar-refractivity contribution in [1.82, 2.24) is 10.2 Å². The first-order chi connectivity index (χ1) is 8.74. The number of unbranched alkanes of at least 4 members (excludes halogenated alkanes) is 1. The molecule has 0 aliphatic rings. The molecule has 1 aromatic heterocycles. The maximum Gasteiger partial charge on any atom is 0.147 e. The van der Waals surface area contributed by atoms with Crippen LogP contribution in [0.15, 0.2) is 18.2 Å². The Morgan fingerprint density at radius 3 is 2.78 bits per heavy atom. The molecule has 0 N–H and O–H groups in total. The lowest BCUT2D eigenvalue weighted by atomic mass is 10.1. The number of aryl methyl sites for hydroxylation is 2. The number of methoxy groups -OCH3 is 1. The van der Waals surface area contributed by atoms with Crippen LogP contribution in [0, 0.1) is 6.92 Å². The highest BCUT2D eigenvalue weighted by atomic mass is 32.1. The summed E-state index contributed by atoms with van der Waals surface area (Å²) in [6, 6.07) is 6.12. The summed E-state index contributed by atoms with van der Waals surface area (Å²) < 4.78 is 5.26. The number of hydrogen-bond acceptors (Lipinski definition) is 4. The Hall–Kier alpha value is -1.42. The van der Waals surface area contributed by atoms with Crippen LogP contribution in [0.25, 0.3) is 10.6 Å². The molecule has 0 atom stereocenters. The molecule has 0 saturated heterocycles. The van der Waals surface area contributed by atoms with E-state index in [9.17, 15) is 0 Å². The van der Waals surface area contributed by atoms with Crippen LogP contribution in [0.5, 0.6) is 5.75 Å². The Kier molecular flexibility index (Phi) is 4.31. The first-order valence-corrected chi connectivity index (χ1v) is 7.03. The lowest BCUT2D eigenvalue weighted by Crippen LogP contribution is -1.87. The summed E-state index contributed by atoms with van der Waals surface area (Å²) in [5, 5.41) is 10.6. The monoisotopic (exact) mass is 262 g/mol. The fourth-order valence-electron chi connectivity index (χ4n) is 1.81. The molecule has 0 fully saturated rings. The van der Waals surface area contributed by atoms with Gasteiger partial charge in [-0.15, -0.1) is 10.2 Å². The van der Waals surface area contributed by atoms with Crippen molar-refractivity contribution in [3.63, 3.8) is 0 Å². The number of nitrogens with zero attached hydrogens (tertiary/aromatic N) is 2. The molecule has 2 aromatic rings. The maximum atomic E-state index is 5.26. The molecule has 2 rings (SSSR count). The molecule has 4 heteroatoms. The molecule has 0 bridgehead atoms. The van der Waals surface area contributed by atoms with E-state index >= 15 is 0 Å². The van der Waals surface area contributed by atoms with Gasteiger partial charge in [0.15, 0.2) is 0 Å². The summed E-state index contributed by atoms with van der Waals surface area (Å²) in [5.74, 6) is 0.912. The summed E-state index contributed by atoms with van der Waals surface area (Å²) in [6.45, 7) is 4.23. The SMILES string of the molecule is CCCCc1nnc(-c2ccc(OC)c(C)c2)s1. The van der Waals surface area contributed by atoms with Gasteiger partial charge in [-0.2, -0.15) is 0 Å². The minimum atomic E-state index is 0.912. The van der Waals surface area contributed by atoms with E-state index in [1.165, 1.54) is 12.8 Å². The van der Waals surface area contributed by atoms with Crippen LogP contribution in [0.2, 0.25) is 0 Å². The molecule has 1 aromatic carbocycles. The Balaban J connectivity index is 2.20. The van der Waals surface area contributed by atoms with Crippen molar-refractivity contribution in [2.75, 3.05) is 7.11 Å². The Labute approximate surface area is 112 Å². The van der Waals surface area contributed by atoms with Gasteiger partial charge in [0.05, 0.1) is 7.11 Å². The number of aromatic nitrogens is 2. The van der Waals surface area contributed by atoms with E-state index in [-0.39, 0.29) is 0 Å². The molecule has 3 nitrogen and oxygen atoms in total. The summed E-state index contributed by atoms with van der Waals surface area (Å²) in [4.78, 5) is 0. The van der Waals surface area contributed by atoms with Gasteiger partial charge in [0.25, 0.3) is 0 Å². The molecule has 0 aliphatic carbocycles. The quantitative estimate of drug-likeness (QED) is 0.820. The predicted molar refractivity (Wildman–Crippen MR) is 75.2 cm³/mol. The Morgan fingerprint density at radius 1 is 1.28 bits per heavy atom. The number of ether oxygens (including phenoxy) is 1. The van der Waals surface area contributed by atoms with Gasteiger partial charge in [0, 0.05) is 12.0 Å². The standard InChI is InChI=1S/C14H18N2OS/c1-4-5-6-13-15-16-14(18-13)11-7-8-12(17-3)10(2)9-11/h7-9H,4-6H2,1-3H3. The number of rotatable bonds is 5. The summed E-state index contributed by atoms with van der Waals surface area (Å²) in [7, 11) is 1.69. The largest absolute Gasteiger partial charge is 0.496 e.